The summed E-state index contributed by atoms with van der Waals surface area (Å²) >= 11 is 11.5. The van der Waals surface area contributed by atoms with Crippen LogP contribution in [0.25, 0.3) is 0 Å². The van der Waals surface area contributed by atoms with Crippen molar-refractivity contribution < 1.29 is 0 Å². The third-order valence-corrected chi connectivity index (χ3v) is 3.39. The van der Waals surface area contributed by atoms with E-state index < -0.39 is 0 Å². The Morgan fingerprint density at radius 1 is 1.40 bits per heavy atom. The molecule has 86 valence electrons. The van der Waals surface area contributed by atoms with Gasteiger partial charge in [-0.25, -0.2) is 0 Å². The standard InChI is InChI=1S/C11H18Cl2N2/c1-11(5-7-13)4-2-9(14)8(3-6-12)10(11)15/h2,4,9H,3,5-7,14-15H2,1H3. The Morgan fingerprint density at radius 3 is 2.60 bits per heavy atom. The van der Waals surface area contributed by atoms with Crippen LogP contribution in [-0.4, -0.2) is 17.8 Å². The summed E-state index contributed by atoms with van der Waals surface area (Å²) in [7, 11) is 0. The van der Waals surface area contributed by atoms with E-state index in [0.717, 1.165) is 24.1 Å². The van der Waals surface area contributed by atoms with Crippen molar-refractivity contribution in [3.05, 3.63) is 23.4 Å². The first kappa shape index (κ1) is 12.9. The van der Waals surface area contributed by atoms with Gasteiger partial charge in [-0.3, -0.25) is 0 Å². The van der Waals surface area contributed by atoms with Gasteiger partial charge in [-0.1, -0.05) is 19.1 Å². The molecule has 4 heteroatoms. The molecule has 2 atom stereocenters. The van der Waals surface area contributed by atoms with E-state index in [1.165, 1.54) is 0 Å². The zero-order chi connectivity index (χ0) is 11.5. The predicted octanol–water partition coefficient (Wildman–Crippen LogP) is 2.36. The number of allylic oxidation sites excluding steroid dienone is 1. The Kier molecular flexibility index (Phi) is 4.50. The van der Waals surface area contributed by atoms with Gasteiger partial charge in [0.25, 0.3) is 0 Å². The molecule has 0 saturated heterocycles. The predicted molar refractivity (Wildman–Crippen MR) is 67.1 cm³/mol. The molecule has 1 rings (SSSR count). The summed E-state index contributed by atoms with van der Waals surface area (Å²) in [4.78, 5) is 0. The van der Waals surface area contributed by atoms with Crippen molar-refractivity contribution >= 4 is 23.2 Å². The summed E-state index contributed by atoms with van der Waals surface area (Å²) in [5, 5.41) is 0. The van der Waals surface area contributed by atoms with E-state index in [-0.39, 0.29) is 11.5 Å². The van der Waals surface area contributed by atoms with Crippen molar-refractivity contribution in [1.82, 2.24) is 0 Å². The van der Waals surface area contributed by atoms with Crippen LogP contribution in [-0.2, 0) is 0 Å². The van der Waals surface area contributed by atoms with Gasteiger partial charge in [0, 0.05) is 28.9 Å². The van der Waals surface area contributed by atoms with Gasteiger partial charge < -0.3 is 11.5 Å². The first-order chi connectivity index (χ1) is 7.05. The van der Waals surface area contributed by atoms with E-state index in [0.29, 0.717) is 11.8 Å². The van der Waals surface area contributed by atoms with Crippen LogP contribution in [0.4, 0.5) is 0 Å². The van der Waals surface area contributed by atoms with E-state index in [1.54, 1.807) is 0 Å². The second-order valence-electron chi connectivity index (χ2n) is 4.12. The molecule has 0 spiro atoms. The number of rotatable bonds is 4. The highest BCUT2D eigenvalue weighted by Crippen LogP contribution is 2.37. The average Bonchev–Trinajstić information content (AvgIpc) is 2.20. The first-order valence-electron chi connectivity index (χ1n) is 5.11. The van der Waals surface area contributed by atoms with Gasteiger partial charge in [-0.15, -0.1) is 23.2 Å². The number of halogens is 2. The number of alkyl halides is 2. The molecule has 0 amide bonds. The summed E-state index contributed by atoms with van der Waals surface area (Å²) in [5.41, 5.74) is 13.9. The van der Waals surface area contributed by atoms with E-state index in [2.05, 4.69) is 13.0 Å². The lowest BCUT2D eigenvalue weighted by Crippen LogP contribution is -2.35. The smallest absolute Gasteiger partial charge is 0.0461 e. The van der Waals surface area contributed by atoms with Crippen molar-refractivity contribution in [2.24, 2.45) is 16.9 Å². The van der Waals surface area contributed by atoms with Crippen molar-refractivity contribution in [1.29, 1.82) is 0 Å². The molecular weight excluding hydrogens is 231 g/mol. The SMILES string of the molecule is CC1(CCCl)C=CC(N)C(CCCl)=C1N. The van der Waals surface area contributed by atoms with Gasteiger partial charge in [0.2, 0.25) is 0 Å². The minimum absolute atomic E-state index is 0.0906. The zero-order valence-electron chi connectivity index (χ0n) is 8.97. The fourth-order valence-corrected chi connectivity index (χ4v) is 2.48. The van der Waals surface area contributed by atoms with Crippen molar-refractivity contribution in [3.8, 4) is 0 Å². The Labute approximate surface area is 101 Å². The van der Waals surface area contributed by atoms with Crippen LogP contribution in [0, 0.1) is 5.41 Å². The van der Waals surface area contributed by atoms with E-state index in [1.807, 2.05) is 6.08 Å². The summed E-state index contributed by atoms with van der Waals surface area (Å²) in [6, 6.07) is -0.0906. The van der Waals surface area contributed by atoms with Crippen LogP contribution in [0.15, 0.2) is 23.4 Å². The molecule has 0 fully saturated rings. The number of hydrogen-bond donors (Lipinski definition) is 2. The first-order valence-corrected chi connectivity index (χ1v) is 6.18. The minimum atomic E-state index is -0.154. The van der Waals surface area contributed by atoms with Crippen LogP contribution in [0.5, 0.6) is 0 Å². The monoisotopic (exact) mass is 248 g/mol. The maximum atomic E-state index is 6.15. The van der Waals surface area contributed by atoms with Crippen LogP contribution < -0.4 is 11.5 Å². The number of hydrogen-bond acceptors (Lipinski definition) is 2. The molecule has 4 N–H and O–H groups in total. The Hall–Kier alpha value is -0.180. The average molecular weight is 249 g/mol. The molecule has 0 aromatic heterocycles. The maximum absolute atomic E-state index is 6.15. The molecular formula is C11H18Cl2N2. The van der Waals surface area contributed by atoms with Crippen LogP contribution in [0.2, 0.25) is 0 Å². The Bertz CT molecular complexity index is 286. The molecule has 1 aliphatic carbocycles. The molecule has 1 aliphatic rings. The summed E-state index contributed by atoms with van der Waals surface area (Å²) in [6.07, 6.45) is 5.63. The lowest BCUT2D eigenvalue weighted by atomic mass is 9.76. The van der Waals surface area contributed by atoms with Crippen molar-refractivity contribution in [2.45, 2.75) is 25.8 Å². The quantitative estimate of drug-likeness (QED) is 0.593. The van der Waals surface area contributed by atoms with Crippen molar-refractivity contribution in [2.75, 3.05) is 11.8 Å². The van der Waals surface area contributed by atoms with Gasteiger partial charge in [0.1, 0.15) is 0 Å². The van der Waals surface area contributed by atoms with Crippen LogP contribution in [0.1, 0.15) is 19.8 Å². The summed E-state index contributed by atoms with van der Waals surface area (Å²) < 4.78 is 0. The lowest BCUT2D eigenvalue weighted by Gasteiger charge is -2.34. The third-order valence-electron chi connectivity index (χ3n) is 3.01. The van der Waals surface area contributed by atoms with E-state index in [9.17, 15) is 0 Å². The number of nitrogens with two attached hydrogens (primary N) is 2. The van der Waals surface area contributed by atoms with Gasteiger partial charge in [0.15, 0.2) is 0 Å². The van der Waals surface area contributed by atoms with Gasteiger partial charge >= 0.3 is 0 Å². The van der Waals surface area contributed by atoms with E-state index in [4.69, 9.17) is 34.7 Å². The Morgan fingerprint density at radius 2 is 2.07 bits per heavy atom. The summed E-state index contributed by atoms with van der Waals surface area (Å²) in [6.45, 7) is 2.08. The molecule has 0 aromatic rings. The molecule has 0 aliphatic heterocycles. The van der Waals surface area contributed by atoms with Crippen molar-refractivity contribution in [3.63, 3.8) is 0 Å². The Balaban J connectivity index is 2.98. The van der Waals surface area contributed by atoms with Crippen LogP contribution >= 0.6 is 23.2 Å². The molecule has 2 nitrogen and oxygen atoms in total. The lowest BCUT2D eigenvalue weighted by molar-refractivity contribution is 0.468. The van der Waals surface area contributed by atoms with Gasteiger partial charge in [-0.2, -0.15) is 0 Å². The largest absolute Gasteiger partial charge is 0.401 e. The molecule has 0 bridgehead atoms. The highest BCUT2D eigenvalue weighted by atomic mass is 35.5. The molecule has 0 saturated carbocycles. The molecule has 2 unspecified atom stereocenters. The molecule has 0 heterocycles. The summed E-state index contributed by atoms with van der Waals surface area (Å²) in [5.74, 6) is 1.14. The molecule has 0 aromatic carbocycles. The molecule has 0 radical (unpaired) electrons. The fraction of sp³-hybridized carbons (Fsp3) is 0.636. The van der Waals surface area contributed by atoms with Gasteiger partial charge in [-0.05, 0) is 18.4 Å². The highest BCUT2D eigenvalue weighted by Gasteiger charge is 2.30. The molecule has 15 heavy (non-hydrogen) atoms. The highest BCUT2D eigenvalue weighted by molar-refractivity contribution is 6.18. The topological polar surface area (TPSA) is 52.0 Å². The fourth-order valence-electron chi connectivity index (χ4n) is 1.89. The van der Waals surface area contributed by atoms with E-state index >= 15 is 0 Å². The second-order valence-corrected chi connectivity index (χ2v) is 4.88. The van der Waals surface area contributed by atoms with Gasteiger partial charge in [0.05, 0.1) is 0 Å². The zero-order valence-corrected chi connectivity index (χ0v) is 10.5. The van der Waals surface area contributed by atoms with Crippen LogP contribution in [0.3, 0.4) is 0 Å². The second kappa shape index (κ2) is 5.24. The maximum Gasteiger partial charge on any atom is 0.0461 e. The normalized spacial score (nSPS) is 31.1. The third kappa shape index (κ3) is 2.68. The minimum Gasteiger partial charge on any atom is -0.401 e.